The highest BCUT2D eigenvalue weighted by Crippen LogP contribution is 2.34. The van der Waals surface area contributed by atoms with Crippen LogP contribution in [0.25, 0.3) is 6.08 Å². The number of hydrogen-bond acceptors (Lipinski definition) is 7. The smallest absolute Gasteiger partial charge is 0.335 e. The lowest BCUT2D eigenvalue weighted by molar-refractivity contribution is -0.122. The maximum atomic E-state index is 13.4. The lowest BCUT2D eigenvalue weighted by atomic mass is 10.1. The number of nitrogens with one attached hydrogen (secondary N) is 2. The number of carbonyl (C=O) groups excluding carboxylic acids is 4. The summed E-state index contributed by atoms with van der Waals surface area (Å²) in [6.07, 6.45) is 2.12. The first-order valence-electron chi connectivity index (χ1n) is 13.0. The molecule has 1 aliphatic heterocycles. The maximum absolute atomic E-state index is 13.4. The molecule has 0 saturated carbocycles. The van der Waals surface area contributed by atoms with Gasteiger partial charge in [-0.15, -0.1) is 0 Å². The fourth-order valence-corrected chi connectivity index (χ4v) is 4.21. The maximum Gasteiger partial charge on any atom is 0.335 e. The van der Waals surface area contributed by atoms with Crippen molar-refractivity contribution < 1.29 is 33.4 Å². The minimum atomic E-state index is -0.892. The molecule has 0 aromatic heterocycles. The molecule has 3 aromatic carbocycles. The zero-order valence-electron chi connectivity index (χ0n) is 22.7. The van der Waals surface area contributed by atoms with Gasteiger partial charge in [0.1, 0.15) is 11.3 Å². The van der Waals surface area contributed by atoms with E-state index >= 15 is 0 Å². The van der Waals surface area contributed by atoms with E-state index in [9.17, 15) is 19.2 Å². The zero-order valence-corrected chi connectivity index (χ0v) is 24.3. The summed E-state index contributed by atoms with van der Waals surface area (Å²) >= 11 is 11.9. The Hall–Kier alpha value is -4.54. The second-order valence-corrected chi connectivity index (χ2v) is 9.72. The molecular weight excluding hydrogens is 585 g/mol. The van der Waals surface area contributed by atoms with Gasteiger partial charge < -0.3 is 19.5 Å². The van der Waals surface area contributed by atoms with Crippen LogP contribution in [0.4, 0.5) is 16.2 Å². The molecule has 0 spiro atoms. The first kappa shape index (κ1) is 30.4. The number of anilines is 2. The van der Waals surface area contributed by atoms with E-state index in [0.717, 1.165) is 11.3 Å². The molecule has 0 radical (unpaired) electrons. The number of barbiturate groups is 1. The van der Waals surface area contributed by atoms with Gasteiger partial charge in [0, 0.05) is 11.8 Å². The molecule has 0 aliphatic carbocycles. The summed E-state index contributed by atoms with van der Waals surface area (Å²) < 4.78 is 16.9. The second-order valence-electron chi connectivity index (χ2n) is 8.91. The lowest BCUT2D eigenvalue weighted by Gasteiger charge is -2.27. The quantitative estimate of drug-likeness (QED) is 0.205. The third-order valence-corrected chi connectivity index (χ3v) is 6.53. The molecule has 1 fully saturated rings. The monoisotopic (exact) mass is 611 g/mol. The standard InChI is InChI=1S/C30H27Cl2N3O7/c1-3-12-41-25-11-9-20(16-26(25)40-4-2)35-29(38)22(28(37)34-30(35)39)14-18-6-5-7-21(13-18)42-17-27(36)33-19-8-10-23(31)24(32)15-19/h5-11,13-16H,3-4,12,17H2,1-2H3,(H,33,36)(H,34,37,39)/b22-14+. The molecule has 10 nitrogen and oxygen atoms in total. The Labute approximate surface area is 252 Å². The van der Waals surface area contributed by atoms with Gasteiger partial charge in [-0.05, 0) is 67.4 Å². The van der Waals surface area contributed by atoms with Crippen molar-refractivity contribution >= 4 is 64.4 Å². The van der Waals surface area contributed by atoms with Crippen LogP contribution in [0.3, 0.4) is 0 Å². The Kier molecular flexibility index (Phi) is 10.1. The highest BCUT2D eigenvalue weighted by Gasteiger charge is 2.37. The van der Waals surface area contributed by atoms with Crippen LogP contribution in [-0.2, 0) is 14.4 Å². The summed E-state index contributed by atoms with van der Waals surface area (Å²) in [5.74, 6) is -0.955. The van der Waals surface area contributed by atoms with Crippen molar-refractivity contribution in [3.63, 3.8) is 0 Å². The molecule has 12 heteroatoms. The number of halogens is 2. The minimum absolute atomic E-state index is 0.202. The molecule has 1 heterocycles. The Morgan fingerprint density at radius 1 is 0.929 bits per heavy atom. The fraction of sp³-hybridized carbons (Fsp3) is 0.200. The Morgan fingerprint density at radius 3 is 2.48 bits per heavy atom. The van der Waals surface area contributed by atoms with Crippen molar-refractivity contribution in [2.75, 3.05) is 30.0 Å². The molecule has 4 rings (SSSR count). The predicted molar refractivity (Wildman–Crippen MR) is 159 cm³/mol. The van der Waals surface area contributed by atoms with Gasteiger partial charge in [-0.3, -0.25) is 19.7 Å². The Balaban J connectivity index is 1.50. The van der Waals surface area contributed by atoms with Crippen LogP contribution in [0.1, 0.15) is 25.8 Å². The summed E-state index contributed by atoms with van der Waals surface area (Å²) in [6, 6.07) is 14.9. The van der Waals surface area contributed by atoms with Gasteiger partial charge in [0.2, 0.25) is 0 Å². The first-order valence-corrected chi connectivity index (χ1v) is 13.7. The normalized spacial score (nSPS) is 14.0. The molecule has 2 N–H and O–H groups in total. The summed E-state index contributed by atoms with van der Waals surface area (Å²) in [5, 5.41) is 5.51. The van der Waals surface area contributed by atoms with Crippen LogP contribution >= 0.6 is 23.2 Å². The second kappa shape index (κ2) is 13.9. The van der Waals surface area contributed by atoms with Gasteiger partial charge in [0.25, 0.3) is 17.7 Å². The lowest BCUT2D eigenvalue weighted by Crippen LogP contribution is -2.54. The summed E-state index contributed by atoms with van der Waals surface area (Å²) in [5.41, 5.74) is 0.819. The molecule has 0 bridgehead atoms. The van der Waals surface area contributed by atoms with E-state index in [1.807, 2.05) is 6.92 Å². The van der Waals surface area contributed by atoms with Crippen LogP contribution in [0.5, 0.6) is 17.2 Å². The van der Waals surface area contributed by atoms with Crippen LogP contribution in [0, 0.1) is 0 Å². The van der Waals surface area contributed by atoms with Crippen molar-refractivity contribution in [3.8, 4) is 17.2 Å². The van der Waals surface area contributed by atoms with E-state index < -0.39 is 23.8 Å². The van der Waals surface area contributed by atoms with Gasteiger partial charge in [-0.2, -0.15) is 0 Å². The van der Waals surface area contributed by atoms with Crippen LogP contribution in [-0.4, -0.2) is 43.6 Å². The highest BCUT2D eigenvalue weighted by atomic mass is 35.5. The molecule has 5 amide bonds. The number of hydrogen-bond donors (Lipinski definition) is 2. The number of benzene rings is 3. The number of urea groups is 1. The van der Waals surface area contributed by atoms with Gasteiger partial charge in [0.15, 0.2) is 18.1 Å². The van der Waals surface area contributed by atoms with Crippen molar-refractivity contribution in [2.24, 2.45) is 0 Å². The average Bonchev–Trinajstić information content (AvgIpc) is 2.96. The number of imide groups is 2. The largest absolute Gasteiger partial charge is 0.490 e. The van der Waals surface area contributed by atoms with E-state index in [1.165, 1.54) is 24.3 Å². The summed E-state index contributed by atoms with van der Waals surface area (Å²) in [7, 11) is 0. The van der Waals surface area contributed by atoms with E-state index in [1.54, 1.807) is 49.4 Å². The third kappa shape index (κ3) is 7.39. The van der Waals surface area contributed by atoms with Crippen molar-refractivity contribution in [2.45, 2.75) is 20.3 Å². The summed E-state index contributed by atoms with van der Waals surface area (Å²) in [4.78, 5) is 52.0. The van der Waals surface area contributed by atoms with Gasteiger partial charge in [-0.1, -0.05) is 42.3 Å². The fourth-order valence-electron chi connectivity index (χ4n) is 3.91. The van der Waals surface area contributed by atoms with Crippen molar-refractivity contribution in [3.05, 3.63) is 81.8 Å². The Morgan fingerprint density at radius 2 is 1.74 bits per heavy atom. The third-order valence-electron chi connectivity index (χ3n) is 5.79. The summed E-state index contributed by atoms with van der Waals surface area (Å²) in [6.45, 7) is 4.25. The van der Waals surface area contributed by atoms with Crippen LogP contribution in [0.15, 0.2) is 66.2 Å². The molecule has 42 heavy (non-hydrogen) atoms. The molecule has 0 unspecified atom stereocenters. The van der Waals surface area contributed by atoms with Gasteiger partial charge in [0.05, 0.1) is 28.9 Å². The van der Waals surface area contributed by atoms with Crippen LogP contribution < -0.4 is 29.7 Å². The number of rotatable bonds is 11. The molecule has 1 saturated heterocycles. The highest BCUT2D eigenvalue weighted by molar-refractivity contribution is 6.42. The Bertz CT molecular complexity index is 1560. The number of nitrogens with zero attached hydrogens (tertiary/aromatic N) is 1. The zero-order chi connectivity index (χ0) is 30.2. The number of ether oxygens (including phenoxy) is 3. The molecule has 218 valence electrons. The van der Waals surface area contributed by atoms with Crippen molar-refractivity contribution in [1.29, 1.82) is 0 Å². The van der Waals surface area contributed by atoms with E-state index in [4.69, 9.17) is 37.4 Å². The van der Waals surface area contributed by atoms with Crippen LogP contribution in [0.2, 0.25) is 10.0 Å². The topological polar surface area (TPSA) is 123 Å². The van der Waals surface area contributed by atoms with E-state index in [-0.39, 0.29) is 17.9 Å². The number of carbonyl (C=O) groups is 4. The van der Waals surface area contributed by atoms with E-state index in [2.05, 4.69) is 10.6 Å². The van der Waals surface area contributed by atoms with Gasteiger partial charge >= 0.3 is 6.03 Å². The average molecular weight is 612 g/mol. The minimum Gasteiger partial charge on any atom is -0.490 e. The first-order chi connectivity index (χ1) is 20.2. The number of amides is 5. The molecule has 0 atom stereocenters. The molecule has 1 aliphatic rings. The van der Waals surface area contributed by atoms with E-state index in [0.29, 0.717) is 51.8 Å². The molecule has 3 aromatic rings. The predicted octanol–water partition coefficient (Wildman–Crippen LogP) is 5.86. The molecular formula is C30H27Cl2N3O7. The van der Waals surface area contributed by atoms with Crippen molar-refractivity contribution in [1.82, 2.24) is 5.32 Å². The van der Waals surface area contributed by atoms with Gasteiger partial charge in [-0.25, -0.2) is 9.69 Å². The SMILES string of the molecule is CCCOc1ccc(N2C(=O)NC(=O)/C(=C\c3cccc(OCC(=O)Nc4ccc(Cl)c(Cl)c4)c3)C2=O)cc1OCC.